The molecule has 0 saturated heterocycles. The van der Waals surface area contributed by atoms with Crippen LogP contribution < -0.4 is 5.73 Å². The summed E-state index contributed by atoms with van der Waals surface area (Å²) >= 11 is 0. The number of nitrogens with zero attached hydrogens (tertiary/aromatic N) is 4. The zero-order chi connectivity index (χ0) is 11.8. The third-order valence-corrected chi connectivity index (χ3v) is 2.72. The van der Waals surface area contributed by atoms with Crippen molar-refractivity contribution in [2.45, 2.75) is 6.92 Å². The van der Waals surface area contributed by atoms with Gasteiger partial charge in [-0.1, -0.05) is 17.7 Å². The Labute approximate surface area is 98.3 Å². The minimum absolute atomic E-state index is 0.575. The van der Waals surface area contributed by atoms with Crippen LogP contribution in [0.5, 0.6) is 0 Å². The smallest absolute Gasteiger partial charge is 0.188 e. The third-order valence-electron chi connectivity index (χ3n) is 2.72. The fourth-order valence-electron chi connectivity index (χ4n) is 1.74. The van der Waals surface area contributed by atoms with Crippen LogP contribution in [0.25, 0.3) is 17.1 Å². The van der Waals surface area contributed by atoms with Gasteiger partial charge >= 0.3 is 0 Å². The minimum atomic E-state index is 0.575. The minimum Gasteiger partial charge on any atom is -0.384 e. The molecule has 0 atom stereocenters. The highest BCUT2D eigenvalue weighted by Gasteiger charge is 2.13. The van der Waals surface area contributed by atoms with Crippen molar-refractivity contribution in [3.63, 3.8) is 0 Å². The van der Waals surface area contributed by atoms with Crippen LogP contribution >= 0.6 is 0 Å². The topological polar surface area (TPSA) is 69.6 Å². The van der Waals surface area contributed by atoms with Crippen LogP contribution in [0, 0.1) is 6.92 Å². The lowest BCUT2D eigenvalue weighted by Crippen LogP contribution is -2.07. The van der Waals surface area contributed by atoms with Gasteiger partial charge in [-0.2, -0.15) is 5.10 Å². The fourth-order valence-corrected chi connectivity index (χ4v) is 1.74. The number of hydrogen-bond donors (Lipinski definition) is 1. The predicted octanol–water partition coefficient (Wildman–Crippen LogP) is 1.66. The Balaban J connectivity index is 2.21. The molecule has 5 nitrogen and oxygen atoms in total. The summed E-state index contributed by atoms with van der Waals surface area (Å²) in [6, 6.07) is 8.08. The normalized spacial score (nSPS) is 10.9. The Morgan fingerprint density at radius 3 is 2.71 bits per heavy atom. The molecule has 2 aliphatic heterocycles. The Bertz CT molecular complexity index is 626. The van der Waals surface area contributed by atoms with Crippen molar-refractivity contribution in [1.29, 1.82) is 0 Å². The van der Waals surface area contributed by atoms with Crippen LogP contribution in [0.1, 0.15) is 5.56 Å². The molecular formula is C12H11N5. The number of benzene rings is 1. The number of aryl methyl sites for hydroxylation is 1. The van der Waals surface area contributed by atoms with E-state index in [1.165, 1.54) is 5.56 Å². The van der Waals surface area contributed by atoms with Crippen molar-refractivity contribution < 1.29 is 0 Å². The second kappa shape index (κ2) is 3.55. The molecule has 3 rings (SSSR count). The van der Waals surface area contributed by atoms with Gasteiger partial charge in [0.25, 0.3) is 0 Å². The summed E-state index contributed by atoms with van der Waals surface area (Å²) in [7, 11) is 0. The second-order valence-electron chi connectivity index (χ2n) is 3.92. The van der Waals surface area contributed by atoms with Gasteiger partial charge < -0.3 is 5.73 Å². The molecule has 0 saturated carbocycles. The van der Waals surface area contributed by atoms with Gasteiger partial charge in [0, 0.05) is 5.69 Å². The molecular weight excluding hydrogens is 214 g/mol. The second-order valence-corrected chi connectivity index (χ2v) is 3.92. The number of nitrogens with two attached hydrogens (primary N) is 1. The van der Waals surface area contributed by atoms with E-state index in [0.717, 1.165) is 11.3 Å². The molecule has 0 bridgehead atoms. The molecule has 2 N–H and O–H groups in total. The maximum atomic E-state index is 6.08. The van der Waals surface area contributed by atoms with Gasteiger partial charge in [0.1, 0.15) is 12.1 Å². The number of aromatic nitrogens is 4. The maximum absolute atomic E-state index is 6.08. The summed E-state index contributed by atoms with van der Waals surface area (Å²) in [5.74, 6) is 1.18. The summed E-state index contributed by atoms with van der Waals surface area (Å²) in [6.07, 6.45) is 3.29. The van der Waals surface area contributed by atoms with Gasteiger partial charge in [0.05, 0.1) is 11.8 Å². The summed E-state index contributed by atoms with van der Waals surface area (Å²) in [5.41, 5.74) is 9.03. The van der Waals surface area contributed by atoms with Gasteiger partial charge in [0.15, 0.2) is 5.82 Å². The Morgan fingerprint density at radius 1 is 1.18 bits per heavy atom. The molecule has 0 spiro atoms. The summed E-state index contributed by atoms with van der Waals surface area (Å²) < 4.78 is 1.82. The molecule has 2 aliphatic rings. The number of hydrogen-bond acceptors (Lipinski definition) is 4. The van der Waals surface area contributed by atoms with Crippen molar-refractivity contribution in [2.75, 3.05) is 5.73 Å². The van der Waals surface area contributed by atoms with Crippen LogP contribution in [-0.4, -0.2) is 19.7 Å². The zero-order valence-electron chi connectivity index (χ0n) is 9.33. The molecule has 0 amide bonds. The highest BCUT2D eigenvalue weighted by Crippen LogP contribution is 2.25. The number of nitrogen functional groups attached to an aromatic ring is 1. The van der Waals surface area contributed by atoms with Crippen molar-refractivity contribution >= 4 is 5.82 Å². The fraction of sp³-hybridized carbons (Fsp3) is 0.0833. The molecule has 0 unspecified atom stereocenters. The number of fused-ring (bicyclic) bond motifs is 1. The molecule has 0 fully saturated rings. The molecule has 0 aromatic heterocycles. The average molecular weight is 225 g/mol. The van der Waals surface area contributed by atoms with E-state index >= 15 is 0 Å². The Hall–Kier alpha value is -2.43. The standard InChI is InChI=1S/C12H11N5/c1-8-2-4-9(5-3-8)17-7-14-12-10(11(17)13)6-15-16-12/h2-7H,13H2,1H3. The molecule has 1 aromatic rings. The molecule has 17 heavy (non-hydrogen) atoms. The highest BCUT2D eigenvalue weighted by atomic mass is 15.2. The maximum Gasteiger partial charge on any atom is 0.188 e. The van der Waals surface area contributed by atoms with Crippen molar-refractivity contribution in [3.8, 4) is 17.1 Å². The van der Waals surface area contributed by atoms with Crippen LogP contribution in [0.3, 0.4) is 0 Å². The Morgan fingerprint density at radius 2 is 1.94 bits per heavy atom. The lowest BCUT2D eigenvalue weighted by atomic mass is 10.2. The average Bonchev–Trinajstić information content (AvgIpc) is 2.80. The molecule has 0 radical (unpaired) electrons. The first-order valence-corrected chi connectivity index (χ1v) is 5.27. The van der Waals surface area contributed by atoms with Gasteiger partial charge in [-0.15, -0.1) is 5.10 Å². The lowest BCUT2D eigenvalue weighted by Gasteiger charge is -2.12. The Kier molecular flexibility index (Phi) is 2.04. The van der Waals surface area contributed by atoms with Crippen LogP contribution in [0.15, 0.2) is 36.8 Å². The summed E-state index contributed by atoms with van der Waals surface area (Å²) in [5, 5.41) is 7.68. The summed E-state index contributed by atoms with van der Waals surface area (Å²) in [4.78, 5) is 4.21. The van der Waals surface area contributed by atoms with E-state index in [0.29, 0.717) is 11.6 Å². The highest BCUT2D eigenvalue weighted by molar-refractivity contribution is 5.69. The largest absolute Gasteiger partial charge is 0.384 e. The molecule has 1 aromatic carbocycles. The number of anilines is 1. The molecule has 84 valence electrons. The van der Waals surface area contributed by atoms with Crippen molar-refractivity contribution in [3.05, 3.63) is 42.4 Å². The van der Waals surface area contributed by atoms with E-state index < -0.39 is 0 Å². The van der Waals surface area contributed by atoms with Gasteiger partial charge in [-0.05, 0) is 19.1 Å². The van der Waals surface area contributed by atoms with Crippen molar-refractivity contribution in [1.82, 2.24) is 19.7 Å². The van der Waals surface area contributed by atoms with E-state index in [1.807, 2.05) is 35.8 Å². The quantitative estimate of drug-likeness (QED) is 0.683. The molecule has 5 heteroatoms. The third kappa shape index (κ3) is 1.52. The van der Waals surface area contributed by atoms with Gasteiger partial charge in [-0.25, -0.2) is 4.98 Å². The first-order valence-electron chi connectivity index (χ1n) is 5.27. The van der Waals surface area contributed by atoms with E-state index in [1.54, 1.807) is 12.5 Å². The SMILES string of the molecule is Cc1ccc(-n2cnc3nncc-3c2N)cc1. The van der Waals surface area contributed by atoms with E-state index in [4.69, 9.17) is 5.73 Å². The first-order chi connectivity index (χ1) is 8.25. The number of rotatable bonds is 1. The molecule has 2 heterocycles. The van der Waals surface area contributed by atoms with Gasteiger partial charge in [-0.3, -0.25) is 4.57 Å². The van der Waals surface area contributed by atoms with E-state index in [-0.39, 0.29) is 0 Å². The van der Waals surface area contributed by atoms with Crippen molar-refractivity contribution in [2.24, 2.45) is 0 Å². The monoisotopic (exact) mass is 225 g/mol. The van der Waals surface area contributed by atoms with Crippen LogP contribution in [0.4, 0.5) is 5.82 Å². The first kappa shape index (κ1) is 9.77. The van der Waals surface area contributed by atoms with Crippen LogP contribution in [0.2, 0.25) is 0 Å². The predicted molar refractivity (Wildman–Crippen MR) is 64.9 cm³/mol. The summed E-state index contributed by atoms with van der Waals surface area (Å²) in [6.45, 7) is 2.05. The van der Waals surface area contributed by atoms with Gasteiger partial charge in [0.2, 0.25) is 0 Å². The zero-order valence-corrected chi connectivity index (χ0v) is 9.33. The molecule has 0 aliphatic carbocycles. The van der Waals surface area contributed by atoms with E-state index in [2.05, 4.69) is 15.2 Å². The van der Waals surface area contributed by atoms with Crippen LogP contribution in [-0.2, 0) is 0 Å². The lowest BCUT2D eigenvalue weighted by molar-refractivity contribution is 0.975. The van der Waals surface area contributed by atoms with E-state index in [9.17, 15) is 0 Å².